The Morgan fingerprint density at radius 2 is 1.95 bits per heavy atom. The minimum Gasteiger partial charge on any atom is -0.488 e. The van der Waals surface area contributed by atoms with Crippen molar-refractivity contribution in [3.8, 4) is 5.75 Å². The number of hydrogen-bond acceptors (Lipinski definition) is 5. The van der Waals surface area contributed by atoms with Crippen molar-refractivity contribution in [2.45, 2.75) is 12.5 Å². The highest BCUT2D eigenvalue weighted by atomic mass is 16.5. The van der Waals surface area contributed by atoms with Gasteiger partial charge in [0.1, 0.15) is 11.9 Å². The molecule has 1 atom stereocenters. The van der Waals surface area contributed by atoms with Gasteiger partial charge in [0.2, 0.25) is 5.82 Å². The molecule has 1 fully saturated rings. The number of rotatable bonds is 3. The second-order valence-corrected chi connectivity index (χ2v) is 4.54. The van der Waals surface area contributed by atoms with E-state index in [2.05, 4.69) is 15.0 Å². The maximum absolute atomic E-state index is 12.2. The Balaban J connectivity index is 1.61. The average Bonchev–Trinajstić information content (AvgIpc) is 2.97. The summed E-state index contributed by atoms with van der Waals surface area (Å²) in [6.45, 7) is 1.21. The SMILES string of the molecule is O=C(c1ncccn1)N1CC[C@@H](Oc2ccncc2)C1. The van der Waals surface area contributed by atoms with Gasteiger partial charge in [0, 0.05) is 37.8 Å². The van der Waals surface area contributed by atoms with E-state index in [1.807, 2.05) is 12.1 Å². The number of nitrogens with zero attached hydrogens (tertiary/aromatic N) is 4. The summed E-state index contributed by atoms with van der Waals surface area (Å²) in [7, 11) is 0. The summed E-state index contributed by atoms with van der Waals surface area (Å²) in [4.78, 5) is 25.8. The summed E-state index contributed by atoms with van der Waals surface area (Å²) >= 11 is 0. The topological polar surface area (TPSA) is 68.2 Å². The highest BCUT2D eigenvalue weighted by Crippen LogP contribution is 2.18. The van der Waals surface area contributed by atoms with Gasteiger partial charge in [0.15, 0.2) is 0 Å². The quantitative estimate of drug-likeness (QED) is 0.837. The molecule has 0 aromatic carbocycles. The van der Waals surface area contributed by atoms with Crippen LogP contribution in [-0.4, -0.2) is 45.0 Å². The Labute approximate surface area is 116 Å². The zero-order chi connectivity index (χ0) is 13.8. The third-order valence-electron chi connectivity index (χ3n) is 3.14. The maximum Gasteiger partial charge on any atom is 0.291 e. The lowest BCUT2D eigenvalue weighted by Crippen LogP contribution is -2.32. The van der Waals surface area contributed by atoms with Crippen molar-refractivity contribution in [2.24, 2.45) is 0 Å². The molecule has 6 nitrogen and oxygen atoms in total. The maximum atomic E-state index is 12.2. The summed E-state index contributed by atoms with van der Waals surface area (Å²) in [5, 5.41) is 0. The lowest BCUT2D eigenvalue weighted by Gasteiger charge is -2.16. The molecule has 3 heterocycles. The monoisotopic (exact) mass is 270 g/mol. The number of hydrogen-bond donors (Lipinski definition) is 0. The standard InChI is InChI=1S/C14H14N4O2/c19-14(13-16-5-1-6-17-13)18-9-4-12(10-18)20-11-2-7-15-8-3-11/h1-3,5-8,12H,4,9-10H2/t12-/m1/s1. The van der Waals surface area contributed by atoms with Crippen LogP contribution < -0.4 is 4.74 Å². The molecule has 0 aliphatic carbocycles. The number of carbonyl (C=O) groups is 1. The molecule has 0 spiro atoms. The van der Waals surface area contributed by atoms with Crippen molar-refractivity contribution in [1.29, 1.82) is 0 Å². The van der Waals surface area contributed by atoms with E-state index < -0.39 is 0 Å². The van der Waals surface area contributed by atoms with E-state index in [0.29, 0.717) is 13.1 Å². The van der Waals surface area contributed by atoms with Crippen molar-refractivity contribution in [1.82, 2.24) is 19.9 Å². The normalized spacial score (nSPS) is 18.0. The molecule has 6 heteroatoms. The molecule has 1 amide bonds. The first-order valence-electron chi connectivity index (χ1n) is 6.46. The number of likely N-dealkylation sites (tertiary alicyclic amines) is 1. The molecule has 1 aliphatic heterocycles. The lowest BCUT2D eigenvalue weighted by molar-refractivity contribution is 0.0760. The Bertz CT molecular complexity index is 576. The molecule has 0 bridgehead atoms. The van der Waals surface area contributed by atoms with E-state index in [9.17, 15) is 4.79 Å². The Kier molecular flexibility index (Phi) is 3.54. The second-order valence-electron chi connectivity index (χ2n) is 4.54. The van der Waals surface area contributed by atoms with Crippen LogP contribution in [-0.2, 0) is 0 Å². The Morgan fingerprint density at radius 3 is 2.70 bits per heavy atom. The predicted octanol–water partition coefficient (Wildman–Crippen LogP) is 1.17. The van der Waals surface area contributed by atoms with Crippen molar-refractivity contribution in [2.75, 3.05) is 13.1 Å². The third kappa shape index (κ3) is 2.74. The van der Waals surface area contributed by atoms with Crippen LogP contribution in [0.15, 0.2) is 43.0 Å². The van der Waals surface area contributed by atoms with Gasteiger partial charge in [-0.3, -0.25) is 9.78 Å². The number of carbonyl (C=O) groups excluding carboxylic acids is 1. The molecule has 2 aromatic rings. The van der Waals surface area contributed by atoms with E-state index in [1.165, 1.54) is 0 Å². The molecular weight excluding hydrogens is 256 g/mol. The minimum atomic E-state index is -0.147. The molecule has 2 aromatic heterocycles. The molecule has 0 N–H and O–H groups in total. The number of amides is 1. The van der Waals surface area contributed by atoms with Crippen LogP contribution >= 0.6 is 0 Å². The molecule has 0 saturated carbocycles. The fourth-order valence-corrected chi connectivity index (χ4v) is 2.17. The first-order chi connectivity index (χ1) is 9.83. The molecule has 1 aliphatic rings. The van der Waals surface area contributed by atoms with Gasteiger partial charge in [-0.1, -0.05) is 0 Å². The molecule has 1 saturated heterocycles. The fraction of sp³-hybridized carbons (Fsp3) is 0.286. The highest BCUT2D eigenvalue weighted by molar-refractivity contribution is 5.90. The van der Waals surface area contributed by atoms with Gasteiger partial charge in [-0.2, -0.15) is 0 Å². The number of ether oxygens (including phenoxy) is 1. The van der Waals surface area contributed by atoms with Crippen molar-refractivity contribution in [3.05, 3.63) is 48.8 Å². The van der Waals surface area contributed by atoms with Gasteiger partial charge in [0.25, 0.3) is 5.91 Å². The third-order valence-corrected chi connectivity index (χ3v) is 3.14. The lowest BCUT2D eigenvalue weighted by atomic mass is 10.3. The largest absolute Gasteiger partial charge is 0.488 e. The van der Waals surface area contributed by atoms with E-state index >= 15 is 0 Å². The smallest absolute Gasteiger partial charge is 0.291 e. The van der Waals surface area contributed by atoms with Gasteiger partial charge in [-0.05, 0) is 18.2 Å². The van der Waals surface area contributed by atoms with Crippen molar-refractivity contribution >= 4 is 5.91 Å². The summed E-state index contributed by atoms with van der Waals surface area (Å²) in [6, 6.07) is 5.31. The summed E-state index contributed by atoms with van der Waals surface area (Å²) < 4.78 is 5.82. The predicted molar refractivity (Wildman–Crippen MR) is 71.2 cm³/mol. The fourth-order valence-electron chi connectivity index (χ4n) is 2.17. The van der Waals surface area contributed by atoms with E-state index in [-0.39, 0.29) is 17.8 Å². The van der Waals surface area contributed by atoms with Crippen molar-refractivity contribution in [3.63, 3.8) is 0 Å². The molecule has 0 radical (unpaired) electrons. The first-order valence-corrected chi connectivity index (χ1v) is 6.46. The van der Waals surface area contributed by atoms with Crippen LogP contribution in [0.5, 0.6) is 5.75 Å². The van der Waals surface area contributed by atoms with Gasteiger partial charge in [-0.15, -0.1) is 0 Å². The summed E-state index contributed by atoms with van der Waals surface area (Å²) in [5.74, 6) is 0.860. The Morgan fingerprint density at radius 1 is 1.20 bits per heavy atom. The van der Waals surface area contributed by atoms with Crippen LogP contribution in [0, 0.1) is 0 Å². The van der Waals surface area contributed by atoms with Gasteiger partial charge in [0.05, 0.1) is 6.54 Å². The van der Waals surface area contributed by atoms with Crippen LogP contribution in [0.2, 0.25) is 0 Å². The Hall–Kier alpha value is -2.50. The van der Waals surface area contributed by atoms with Crippen LogP contribution in [0.25, 0.3) is 0 Å². The average molecular weight is 270 g/mol. The van der Waals surface area contributed by atoms with Crippen molar-refractivity contribution < 1.29 is 9.53 Å². The second kappa shape index (κ2) is 5.64. The summed E-state index contributed by atoms with van der Waals surface area (Å²) in [6.07, 6.45) is 7.32. The van der Waals surface area contributed by atoms with E-state index in [0.717, 1.165) is 12.2 Å². The number of aromatic nitrogens is 3. The van der Waals surface area contributed by atoms with E-state index in [4.69, 9.17) is 4.74 Å². The van der Waals surface area contributed by atoms with Crippen LogP contribution in [0.3, 0.4) is 0 Å². The van der Waals surface area contributed by atoms with Crippen LogP contribution in [0.1, 0.15) is 17.0 Å². The zero-order valence-corrected chi connectivity index (χ0v) is 10.8. The molecule has 102 valence electrons. The van der Waals surface area contributed by atoms with E-state index in [1.54, 1.807) is 35.8 Å². The molecule has 20 heavy (non-hydrogen) atoms. The zero-order valence-electron chi connectivity index (χ0n) is 10.8. The van der Waals surface area contributed by atoms with Crippen LogP contribution in [0.4, 0.5) is 0 Å². The molecule has 0 unspecified atom stereocenters. The van der Waals surface area contributed by atoms with Gasteiger partial charge < -0.3 is 9.64 Å². The highest BCUT2D eigenvalue weighted by Gasteiger charge is 2.29. The molecular formula is C14H14N4O2. The van der Waals surface area contributed by atoms with Gasteiger partial charge in [-0.25, -0.2) is 9.97 Å². The molecule has 3 rings (SSSR count). The minimum absolute atomic E-state index is 0.00469. The number of pyridine rings is 1. The first kappa shape index (κ1) is 12.5. The summed E-state index contributed by atoms with van der Waals surface area (Å²) in [5.41, 5.74) is 0. The van der Waals surface area contributed by atoms with Gasteiger partial charge >= 0.3 is 0 Å².